The van der Waals surface area contributed by atoms with E-state index < -0.39 is 6.04 Å². The minimum Gasteiger partial charge on any atom is -0.264 e. The Morgan fingerprint density at radius 2 is 2.00 bits per heavy atom. The van der Waals surface area contributed by atoms with Gasteiger partial charge in [-0.1, -0.05) is 28.1 Å². The maximum Gasteiger partial charge on any atom is 0.214 e. The highest BCUT2D eigenvalue weighted by molar-refractivity contribution is 9.10. The van der Waals surface area contributed by atoms with Crippen LogP contribution in [0.2, 0.25) is 0 Å². The van der Waals surface area contributed by atoms with Gasteiger partial charge in [0.15, 0.2) is 0 Å². The molecule has 0 unspecified atom stereocenters. The van der Waals surface area contributed by atoms with Crippen LogP contribution in [0.15, 0.2) is 28.7 Å². The van der Waals surface area contributed by atoms with E-state index in [9.17, 15) is 10.1 Å². The number of nitro groups is 1. The van der Waals surface area contributed by atoms with Crippen LogP contribution < -0.4 is 0 Å². The van der Waals surface area contributed by atoms with Crippen LogP contribution in [0.3, 0.4) is 0 Å². The predicted molar refractivity (Wildman–Crippen MR) is 54.3 cm³/mol. The van der Waals surface area contributed by atoms with Crippen LogP contribution in [0.25, 0.3) is 0 Å². The van der Waals surface area contributed by atoms with Gasteiger partial charge in [-0.15, -0.1) is 0 Å². The number of halogens is 1. The van der Waals surface area contributed by atoms with Gasteiger partial charge >= 0.3 is 0 Å². The summed E-state index contributed by atoms with van der Waals surface area (Å²) in [4.78, 5) is 10.1. The van der Waals surface area contributed by atoms with Gasteiger partial charge in [-0.2, -0.15) is 0 Å². The Bertz CT molecular complexity index is 297. The Hall–Kier alpha value is -0.900. The number of hydrogen-bond donors (Lipinski definition) is 0. The summed E-state index contributed by atoms with van der Waals surface area (Å²) in [6.07, 6.45) is 0.486. The molecule has 1 aromatic rings. The van der Waals surface area contributed by atoms with Crippen molar-refractivity contribution in [2.24, 2.45) is 0 Å². The fourth-order valence-electron chi connectivity index (χ4n) is 1.04. The molecule has 0 bridgehead atoms. The highest BCUT2D eigenvalue weighted by Crippen LogP contribution is 2.12. The summed E-state index contributed by atoms with van der Waals surface area (Å²) in [7, 11) is 0. The molecule has 0 saturated carbocycles. The second-order valence-corrected chi connectivity index (χ2v) is 3.88. The molecule has 0 aliphatic rings. The number of benzene rings is 1. The zero-order valence-corrected chi connectivity index (χ0v) is 8.82. The summed E-state index contributed by atoms with van der Waals surface area (Å²) in [5.41, 5.74) is 0.993. The molecule has 1 rings (SSSR count). The highest BCUT2D eigenvalue weighted by atomic mass is 79.9. The fourth-order valence-corrected chi connectivity index (χ4v) is 1.30. The van der Waals surface area contributed by atoms with Crippen LogP contribution in [0.5, 0.6) is 0 Å². The van der Waals surface area contributed by atoms with Crippen molar-refractivity contribution in [2.45, 2.75) is 19.4 Å². The fraction of sp³-hybridized carbons (Fsp3) is 0.333. The third-order valence-corrected chi connectivity index (χ3v) is 2.33. The molecule has 0 fully saturated rings. The van der Waals surface area contributed by atoms with E-state index in [1.807, 2.05) is 24.3 Å². The van der Waals surface area contributed by atoms with Crippen LogP contribution in [-0.4, -0.2) is 11.0 Å². The van der Waals surface area contributed by atoms with Gasteiger partial charge < -0.3 is 0 Å². The molecule has 1 aromatic carbocycles. The Labute approximate surface area is 85.0 Å². The average Bonchev–Trinajstić information content (AvgIpc) is 2.08. The Balaban J connectivity index is 2.64. The van der Waals surface area contributed by atoms with Crippen molar-refractivity contribution in [3.05, 3.63) is 44.4 Å². The molecule has 0 aromatic heterocycles. The molecule has 0 radical (unpaired) electrons. The molecule has 3 nitrogen and oxygen atoms in total. The van der Waals surface area contributed by atoms with Crippen molar-refractivity contribution in [2.75, 3.05) is 0 Å². The first-order valence-corrected chi connectivity index (χ1v) is 4.77. The predicted octanol–water partition coefficient (Wildman–Crippen LogP) is 2.66. The molecule has 0 N–H and O–H groups in total. The summed E-state index contributed by atoms with van der Waals surface area (Å²) in [5.74, 6) is 0. The van der Waals surface area contributed by atoms with Crippen molar-refractivity contribution in [3.8, 4) is 0 Å². The van der Waals surface area contributed by atoms with E-state index in [2.05, 4.69) is 15.9 Å². The summed E-state index contributed by atoms with van der Waals surface area (Å²) in [5, 5.41) is 10.4. The molecule has 0 saturated heterocycles. The van der Waals surface area contributed by atoms with E-state index in [-0.39, 0.29) is 4.92 Å². The second-order valence-electron chi connectivity index (χ2n) is 2.96. The van der Waals surface area contributed by atoms with E-state index in [1.54, 1.807) is 6.92 Å². The molecule has 4 heteroatoms. The Morgan fingerprint density at radius 1 is 1.46 bits per heavy atom. The minimum absolute atomic E-state index is 0.262. The van der Waals surface area contributed by atoms with Gasteiger partial charge in [0, 0.05) is 22.7 Å². The molecule has 0 aliphatic carbocycles. The molecular formula is C9H10BrNO2. The monoisotopic (exact) mass is 243 g/mol. The number of nitrogens with zero attached hydrogens (tertiary/aromatic N) is 1. The summed E-state index contributed by atoms with van der Waals surface area (Å²) in [6, 6.07) is 7.05. The van der Waals surface area contributed by atoms with Crippen molar-refractivity contribution >= 4 is 15.9 Å². The highest BCUT2D eigenvalue weighted by Gasteiger charge is 2.12. The normalized spacial score (nSPS) is 12.5. The van der Waals surface area contributed by atoms with Gasteiger partial charge in [-0.25, -0.2) is 0 Å². The first-order chi connectivity index (χ1) is 6.09. The van der Waals surface area contributed by atoms with Crippen molar-refractivity contribution in [3.63, 3.8) is 0 Å². The van der Waals surface area contributed by atoms with Gasteiger partial charge in [-0.05, 0) is 17.7 Å². The van der Waals surface area contributed by atoms with Crippen molar-refractivity contribution in [1.29, 1.82) is 0 Å². The third-order valence-electron chi connectivity index (χ3n) is 1.80. The maximum atomic E-state index is 10.4. The lowest BCUT2D eigenvalue weighted by Gasteiger charge is -2.03. The molecule has 0 aliphatic heterocycles. The Kier molecular flexibility index (Phi) is 3.42. The van der Waals surface area contributed by atoms with E-state index >= 15 is 0 Å². The average molecular weight is 244 g/mol. The van der Waals surface area contributed by atoms with E-state index in [0.717, 1.165) is 10.0 Å². The summed E-state index contributed by atoms with van der Waals surface area (Å²) in [6.45, 7) is 1.61. The first-order valence-electron chi connectivity index (χ1n) is 3.97. The third kappa shape index (κ3) is 3.14. The van der Waals surface area contributed by atoms with Crippen molar-refractivity contribution < 1.29 is 4.92 Å². The minimum atomic E-state index is -0.513. The SMILES string of the molecule is C[C@@H](Cc1ccc(Br)cc1)[N+](=O)[O-]. The van der Waals surface area contributed by atoms with E-state index in [1.165, 1.54) is 0 Å². The molecular weight excluding hydrogens is 234 g/mol. The maximum absolute atomic E-state index is 10.4. The lowest BCUT2D eigenvalue weighted by atomic mass is 10.1. The second kappa shape index (κ2) is 4.37. The van der Waals surface area contributed by atoms with E-state index in [0.29, 0.717) is 6.42 Å². The van der Waals surface area contributed by atoms with Crippen LogP contribution in [0.4, 0.5) is 0 Å². The van der Waals surface area contributed by atoms with Crippen molar-refractivity contribution in [1.82, 2.24) is 0 Å². The van der Waals surface area contributed by atoms with Crippen LogP contribution in [-0.2, 0) is 6.42 Å². The molecule has 13 heavy (non-hydrogen) atoms. The summed E-state index contributed by atoms with van der Waals surface area (Å²) >= 11 is 3.31. The van der Waals surface area contributed by atoms with Gasteiger partial charge in [0.25, 0.3) is 0 Å². The standard InChI is InChI=1S/C9H10BrNO2/c1-7(11(12)13)6-8-2-4-9(10)5-3-8/h2-5,7H,6H2,1H3/t7-/m0/s1. The largest absolute Gasteiger partial charge is 0.264 e. The topological polar surface area (TPSA) is 43.1 Å². The number of rotatable bonds is 3. The first kappa shape index (κ1) is 10.2. The molecule has 0 spiro atoms. The van der Waals surface area contributed by atoms with E-state index in [4.69, 9.17) is 0 Å². The summed E-state index contributed by atoms with van der Waals surface area (Å²) < 4.78 is 0.991. The lowest BCUT2D eigenvalue weighted by Crippen LogP contribution is -2.17. The lowest BCUT2D eigenvalue weighted by molar-refractivity contribution is -0.517. The molecule has 0 heterocycles. The zero-order valence-electron chi connectivity index (χ0n) is 7.24. The van der Waals surface area contributed by atoms with Crippen LogP contribution in [0, 0.1) is 10.1 Å². The van der Waals surface area contributed by atoms with Gasteiger partial charge in [-0.3, -0.25) is 10.1 Å². The number of hydrogen-bond acceptors (Lipinski definition) is 2. The van der Waals surface area contributed by atoms with Crippen LogP contribution in [0.1, 0.15) is 12.5 Å². The van der Waals surface area contributed by atoms with Gasteiger partial charge in [0.1, 0.15) is 0 Å². The van der Waals surface area contributed by atoms with Gasteiger partial charge in [0.05, 0.1) is 0 Å². The molecule has 1 atom stereocenters. The van der Waals surface area contributed by atoms with Gasteiger partial charge in [0.2, 0.25) is 6.04 Å². The zero-order chi connectivity index (χ0) is 9.84. The Morgan fingerprint density at radius 3 is 2.46 bits per heavy atom. The smallest absolute Gasteiger partial charge is 0.214 e. The van der Waals surface area contributed by atoms with Crippen LogP contribution >= 0.6 is 15.9 Å². The molecule has 0 amide bonds. The quantitative estimate of drug-likeness (QED) is 0.605. The molecule has 70 valence electrons.